The van der Waals surface area contributed by atoms with Crippen LogP contribution in [0.3, 0.4) is 0 Å². The van der Waals surface area contributed by atoms with Crippen LogP contribution in [0.25, 0.3) is 0 Å². The monoisotopic (exact) mass is 238 g/mol. The zero-order chi connectivity index (χ0) is 12.8. The van der Waals surface area contributed by atoms with Crippen LogP contribution in [0.5, 0.6) is 5.75 Å². The molecule has 6 nitrogen and oxygen atoms in total. The van der Waals surface area contributed by atoms with Gasteiger partial charge in [-0.25, -0.2) is 0 Å². The van der Waals surface area contributed by atoms with E-state index in [2.05, 4.69) is 0 Å². The Labute approximate surface area is 98.9 Å². The molecular weight excluding hydrogens is 224 g/mol. The number of likely N-dealkylation sites (N-methyl/N-ethyl adjacent to an activating group) is 1. The maximum absolute atomic E-state index is 10.7. The molecule has 0 spiro atoms. The number of hydrogen-bond donors (Lipinski definition) is 0. The van der Waals surface area contributed by atoms with E-state index in [1.165, 1.54) is 18.2 Å². The van der Waals surface area contributed by atoms with Gasteiger partial charge in [0.1, 0.15) is 12.9 Å². The SMILES string of the molecule is CN(C)CCOc1cc(C=O)ccc1[N+](=O)[O-]. The van der Waals surface area contributed by atoms with Gasteiger partial charge in [0.15, 0.2) is 5.75 Å². The van der Waals surface area contributed by atoms with Gasteiger partial charge < -0.3 is 9.64 Å². The summed E-state index contributed by atoms with van der Waals surface area (Å²) in [5.74, 6) is 0.126. The molecule has 0 aromatic heterocycles. The fraction of sp³-hybridized carbons (Fsp3) is 0.364. The third-order valence-corrected chi connectivity index (χ3v) is 2.11. The van der Waals surface area contributed by atoms with Gasteiger partial charge in [0.2, 0.25) is 0 Å². The first-order chi connectivity index (χ1) is 8.04. The summed E-state index contributed by atoms with van der Waals surface area (Å²) in [5.41, 5.74) is 0.227. The molecule has 17 heavy (non-hydrogen) atoms. The van der Waals surface area contributed by atoms with Crippen molar-refractivity contribution in [3.05, 3.63) is 33.9 Å². The highest BCUT2D eigenvalue weighted by Crippen LogP contribution is 2.27. The van der Waals surface area contributed by atoms with Gasteiger partial charge in [0, 0.05) is 18.2 Å². The number of carbonyl (C=O) groups excluding carboxylic acids is 1. The summed E-state index contributed by atoms with van der Waals surface area (Å²) in [4.78, 5) is 22.7. The van der Waals surface area contributed by atoms with E-state index in [-0.39, 0.29) is 11.4 Å². The minimum absolute atomic E-state index is 0.126. The summed E-state index contributed by atoms with van der Waals surface area (Å²) in [5, 5.41) is 10.7. The molecule has 0 unspecified atom stereocenters. The minimum Gasteiger partial charge on any atom is -0.485 e. The largest absolute Gasteiger partial charge is 0.485 e. The van der Waals surface area contributed by atoms with Gasteiger partial charge in [0.25, 0.3) is 0 Å². The average molecular weight is 238 g/mol. The Hall–Kier alpha value is -1.95. The van der Waals surface area contributed by atoms with Crippen LogP contribution in [0.15, 0.2) is 18.2 Å². The Kier molecular flexibility index (Phi) is 4.59. The molecule has 0 atom stereocenters. The highest BCUT2D eigenvalue weighted by atomic mass is 16.6. The van der Waals surface area contributed by atoms with Crippen molar-refractivity contribution in [2.24, 2.45) is 0 Å². The minimum atomic E-state index is -0.528. The Morgan fingerprint density at radius 2 is 2.18 bits per heavy atom. The number of carbonyl (C=O) groups is 1. The van der Waals surface area contributed by atoms with Gasteiger partial charge in [-0.1, -0.05) is 0 Å². The van der Waals surface area contributed by atoms with Crippen molar-refractivity contribution < 1.29 is 14.5 Å². The van der Waals surface area contributed by atoms with Crippen LogP contribution < -0.4 is 4.74 Å². The summed E-state index contributed by atoms with van der Waals surface area (Å²) >= 11 is 0. The van der Waals surface area contributed by atoms with Crippen LogP contribution in [-0.2, 0) is 0 Å². The number of ether oxygens (including phenoxy) is 1. The molecule has 1 aromatic carbocycles. The molecule has 0 N–H and O–H groups in total. The number of nitro groups is 1. The second-order valence-electron chi connectivity index (χ2n) is 3.75. The highest BCUT2D eigenvalue weighted by molar-refractivity contribution is 5.76. The fourth-order valence-electron chi connectivity index (χ4n) is 1.21. The first-order valence-corrected chi connectivity index (χ1v) is 5.05. The molecule has 0 fully saturated rings. The van der Waals surface area contributed by atoms with Gasteiger partial charge in [0.05, 0.1) is 4.92 Å². The highest BCUT2D eigenvalue weighted by Gasteiger charge is 2.15. The van der Waals surface area contributed by atoms with E-state index in [0.29, 0.717) is 25.0 Å². The van der Waals surface area contributed by atoms with Gasteiger partial charge in [-0.15, -0.1) is 0 Å². The summed E-state index contributed by atoms with van der Waals surface area (Å²) in [6, 6.07) is 4.04. The average Bonchev–Trinajstić information content (AvgIpc) is 2.28. The topological polar surface area (TPSA) is 72.7 Å². The molecule has 1 aromatic rings. The lowest BCUT2D eigenvalue weighted by atomic mass is 10.2. The van der Waals surface area contributed by atoms with Crippen LogP contribution in [0.1, 0.15) is 10.4 Å². The van der Waals surface area contributed by atoms with E-state index >= 15 is 0 Å². The van der Waals surface area contributed by atoms with E-state index in [4.69, 9.17) is 4.74 Å². The molecule has 0 saturated heterocycles. The summed E-state index contributed by atoms with van der Waals surface area (Å²) in [6.07, 6.45) is 0.628. The Morgan fingerprint density at radius 3 is 2.71 bits per heavy atom. The molecule has 0 saturated carbocycles. The summed E-state index contributed by atoms with van der Waals surface area (Å²) in [6.45, 7) is 0.971. The van der Waals surface area contributed by atoms with Crippen LogP contribution in [-0.4, -0.2) is 43.4 Å². The lowest BCUT2D eigenvalue weighted by Gasteiger charge is -2.11. The smallest absolute Gasteiger partial charge is 0.310 e. The van der Waals surface area contributed by atoms with Crippen LogP contribution in [0.4, 0.5) is 5.69 Å². The van der Waals surface area contributed by atoms with Gasteiger partial charge in [-0.2, -0.15) is 0 Å². The second-order valence-corrected chi connectivity index (χ2v) is 3.75. The van der Waals surface area contributed by atoms with Crippen LogP contribution >= 0.6 is 0 Å². The van der Waals surface area contributed by atoms with E-state index in [1.54, 1.807) is 0 Å². The quantitative estimate of drug-likeness (QED) is 0.425. The van der Waals surface area contributed by atoms with Gasteiger partial charge in [-0.05, 0) is 26.2 Å². The van der Waals surface area contributed by atoms with Crippen molar-refractivity contribution in [2.75, 3.05) is 27.2 Å². The zero-order valence-corrected chi connectivity index (χ0v) is 9.75. The summed E-state index contributed by atoms with van der Waals surface area (Å²) in [7, 11) is 3.75. The first kappa shape index (κ1) is 13.1. The molecule has 0 bridgehead atoms. The number of nitrogens with zero attached hydrogens (tertiary/aromatic N) is 2. The third kappa shape index (κ3) is 3.84. The molecule has 0 aliphatic rings. The Morgan fingerprint density at radius 1 is 1.47 bits per heavy atom. The molecule has 92 valence electrons. The van der Waals surface area contributed by atoms with E-state index in [1.807, 2.05) is 19.0 Å². The molecule has 0 heterocycles. The predicted molar refractivity (Wildman–Crippen MR) is 62.5 cm³/mol. The molecular formula is C11H14N2O4. The van der Waals surface area contributed by atoms with Gasteiger partial charge >= 0.3 is 5.69 Å². The van der Waals surface area contributed by atoms with E-state index < -0.39 is 4.92 Å². The van der Waals surface area contributed by atoms with Gasteiger partial charge in [-0.3, -0.25) is 14.9 Å². The third-order valence-electron chi connectivity index (χ3n) is 2.11. The van der Waals surface area contributed by atoms with Crippen molar-refractivity contribution >= 4 is 12.0 Å². The van der Waals surface area contributed by atoms with Crippen LogP contribution in [0.2, 0.25) is 0 Å². The number of benzene rings is 1. The molecule has 6 heteroatoms. The molecule has 0 aliphatic carbocycles. The predicted octanol–water partition coefficient (Wildman–Crippen LogP) is 1.35. The Bertz CT molecular complexity index is 418. The summed E-state index contributed by atoms with van der Waals surface area (Å²) < 4.78 is 5.31. The van der Waals surface area contributed by atoms with Crippen molar-refractivity contribution in [3.63, 3.8) is 0 Å². The molecule has 0 amide bonds. The number of rotatable bonds is 6. The maximum atomic E-state index is 10.7. The maximum Gasteiger partial charge on any atom is 0.310 e. The normalized spacial score (nSPS) is 10.3. The number of hydrogen-bond acceptors (Lipinski definition) is 5. The molecule has 1 rings (SSSR count). The fourth-order valence-corrected chi connectivity index (χ4v) is 1.21. The van der Waals surface area contributed by atoms with Crippen molar-refractivity contribution in [2.45, 2.75) is 0 Å². The first-order valence-electron chi connectivity index (χ1n) is 5.05. The lowest BCUT2D eigenvalue weighted by Crippen LogP contribution is -2.19. The second kappa shape index (κ2) is 5.95. The van der Waals surface area contributed by atoms with E-state index in [0.717, 1.165) is 0 Å². The lowest BCUT2D eigenvalue weighted by molar-refractivity contribution is -0.385. The standard InChI is InChI=1S/C11H14N2O4/c1-12(2)5-6-17-11-7-9(8-14)3-4-10(11)13(15)16/h3-4,7-8H,5-6H2,1-2H3. The zero-order valence-electron chi connectivity index (χ0n) is 9.75. The van der Waals surface area contributed by atoms with E-state index in [9.17, 15) is 14.9 Å². The van der Waals surface area contributed by atoms with Crippen molar-refractivity contribution in [1.82, 2.24) is 4.90 Å². The van der Waals surface area contributed by atoms with Crippen molar-refractivity contribution in [1.29, 1.82) is 0 Å². The molecule has 0 aliphatic heterocycles. The Balaban J connectivity index is 2.85. The number of aldehydes is 1. The van der Waals surface area contributed by atoms with Crippen LogP contribution in [0, 0.1) is 10.1 Å². The molecule has 0 radical (unpaired) electrons. The number of nitro benzene ring substituents is 1. The van der Waals surface area contributed by atoms with Crippen molar-refractivity contribution in [3.8, 4) is 5.75 Å².